The first-order valence-electron chi connectivity index (χ1n) is 6.16. The Morgan fingerprint density at radius 2 is 2.18 bits per heavy atom. The predicted molar refractivity (Wildman–Crippen MR) is 67.4 cm³/mol. The van der Waals surface area contributed by atoms with Crippen LogP contribution in [-0.2, 0) is 0 Å². The number of carbonyl (C=O) groups excluding carboxylic acids is 1. The molecule has 1 unspecified atom stereocenters. The molecule has 2 nitrogen and oxygen atoms in total. The number of halogens is 1. The van der Waals surface area contributed by atoms with Gasteiger partial charge in [0.2, 0.25) is 0 Å². The van der Waals surface area contributed by atoms with Crippen molar-refractivity contribution in [2.75, 3.05) is 6.54 Å². The van der Waals surface area contributed by atoms with Crippen molar-refractivity contribution in [2.45, 2.75) is 32.6 Å². The van der Waals surface area contributed by atoms with Gasteiger partial charge in [0.05, 0.1) is 0 Å². The highest BCUT2D eigenvalue weighted by molar-refractivity contribution is 5.95. The fourth-order valence-corrected chi connectivity index (χ4v) is 1.93. The first-order valence-corrected chi connectivity index (χ1v) is 6.16. The first kappa shape index (κ1) is 13.8. The summed E-state index contributed by atoms with van der Waals surface area (Å²) >= 11 is 0. The second kappa shape index (κ2) is 7.17. The highest BCUT2D eigenvalue weighted by atomic mass is 19.1. The SMILES string of the molecule is CCC(CCN)CCC(=O)c1cccc(F)c1. The zero-order chi connectivity index (χ0) is 12.7. The van der Waals surface area contributed by atoms with Gasteiger partial charge in [-0.1, -0.05) is 25.5 Å². The van der Waals surface area contributed by atoms with Crippen LogP contribution < -0.4 is 5.73 Å². The van der Waals surface area contributed by atoms with Gasteiger partial charge in [-0.15, -0.1) is 0 Å². The van der Waals surface area contributed by atoms with Crippen molar-refractivity contribution in [1.29, 1.82) is 0 Å². The smallest absolute Gasteiger partial charge is 0.162 e. The highest BCUT2D eigenvalue weighted by Crippen LogP contribution is 2.17. The van der Waals surface area contributed by atoms with Crippen molar-refractivity contribution in [3.8, 4) is 0 Å². The molecule has 0 saturated heterocycles. The molecule has 0 radical (unpaired) electrons. The standard InChI is InChI=1S/C14H20FNO/c1-2-11(8-9-16)6-7-14(17)12-4-3-5-13(15)10-12/h3-5,10-11H,2,6-9,16H2,1H3. The molecule has 0 saturated carbocycles. The van der Waals surface area contributed by atoms with Crippen LogP contribution in [-0.4, -0.2) is 12.3 Å². The Kier molecular flexibility index (Phi) is 5.84. The summed E-state index contributed by atoms with van der Waals surface area (Å²) in [6.07, 6.45) is 3.30. The monoisotopic (exact) mass is 237 g/mol. The van der Waals surface area contributed by atoms with Crippen molar-refractivity contribution in [3.05, 3.63) is 35.6 Å². The van der Waals surface area contributed by atoms with Gasteiger partial charge in [-0.3, -0.25) is 4.79 Å². The fraction of sp³-hybridized carbons (Fsp3) is 0.500. The summed E-state index contributed by atoms with van der Waals surface area (Å²) in [7, 11) is 0. The van der Waals surface area contributed by atoms with E-state index in [1.54, 1.807) is 12.1 Å². The maximum Gasteiger partial charge on any atom is 0.162 e. The van der Waals surface area contributed by atoms with Crippen LogP contribution in [0.25, 0.3) is 0 Å². The lowest BCUT2D eigenvalue weighted by Gasteiger charge is -2.12. The number of nitrogens with two attached hydrogens (primary N) is 1. The summed E-state index contributed by atoms with van der Waals surface area (Å²) in [5.74, 6) is 0.155. The molecule has 1 aromatic rings. The molecule has 0 fully saturated rings. The third kappa shape index (κ3) is 4.65. The zero-order valence-electron chi connectivity index (χ0n) is 10.3. The van der Waals surface area contributed by atoms with Crippen LogP contribution in [0.4, 0.5) is 4.39 Å². The minimum absolute atomic E-state index is 0.0139. The molecule has 0 bridgehead atoms. The summed E-state index contributed by atoms with van der Waals surface area (Å²) in [6, 6.07) is 5.88. The molecule has 0 aromatic heterocycles. The van der Waals surface area contributed by atoms with E-state index in [9.17, 15) is 9.18 Å². The molecule has 1 rings (SSSR count). The van der Waals surface area contributed by atoms with Crippen molar-refractivity contribution in [1.82, 2.24) is 0 Å². The van der Waals surface area contributed by atoms with Crippen molar-refractivity contribution in [3.63, 3.8) is 0 Å². The average Bonchev–Trinajstić information content (AvgIpc) is 2.34. The van der Waals surface area contributed by atoms with E-state index in [0.717, 1.165) is 19.3 Å². The Balaban J connectivity index is 2.49. The summed E-state index contributed by atoms with van der Waals surface area (Å²) in [6.45, 7) is 2.76. The van der Waals surface area contributed by atoms with E-state index < -0.39 is 0 Å². The van der Waals surface area contributed by atoms with Crippen molar-refractivity contribution in [2.24, 2.45) is 11.7 Å². The minimum atomic E-state index is -0.357. The van der Waals surface area contributed by atoms with E-state index in [0.29, 0.717) is 24.4 Å². The van der Waals surface area contributed by atoms with Crippen LogP contribution in [0.15, 0.2) is 24.3 Å². The maximum atomic E-state index is 12.9. The third-order valence-corrected chi connectivity index (χ3v) is 3.08. The molecule has 2 N–H and O–H groups in total. The topological polar surface area (TPSA) is 43.1 Å². The minimum Gasteiger partial charge on any atom is -0.330 e. The summed E-state index contributed by atoms with van der Waals surface area (Å²) < 4.78 is 12.9. The number of rotatable bonds is 7. The summed E-state index contributed by atoms with van der Waals surface area (Å²) in [5, 5.41) is 0. The summed E-state index contributed by atoms with van der Waals surface area (Å²) in [4.78, 5) is 11.8. The Labute approximate surface area is 102 Å². The van der Waals surface area contributed by atoms with Gasteiger partial charge in [0.1, 0.15) is 5.82 Å². The van der Waals surface area contributed by atoms with Gasteiger partial charge in [-0.25, -0.2) is 4.39 Å². The molecule has 0 aliphatic heterocycles. The van der Waals surface area contributed by atoms with Crippen molar-refractivity contribution >= 4 is 5.78 Å². The van der Waals surface area contributed by atoms with E-state index >= 15 is 0 Å². The number of carbonyl (C=O) groups is 1. The largest absolute Gasteiger partial charge is 0.330 e. The fourth-order valence-electron chi connectivity index (χ4n) is 1.93. The molecule has 0 aliphatic rings. The Bertz CT molecular complexity index is 365. The molecule has 0 spiro atoms. The van der Waals surface area contributed by atoms with Gasteiger partial charge >= 0.3 is 0 Å². The second-order valence-corrected chi connectivity index (χ2v) is 4.32. The number of Topliss-reactive ketones (excluding diaryl/α,β-unsaturated/α-hetero) is 1. The number of hydrogen-bond acceptors (Lipinski definition) is 2. The van der Waals surface area contributed by atoms with Gasteiger partial charge in [-0.2, -0.15) is 0 Å². The molecule has 1 atom stereocenters. The van der Waals surface area contributed by atoms with E-state index in [1.807, 2.05) is 0 Å². The molecule has 94 valence electrons. The maximum absolute atomic E-state index is 12.9. The van der Waals surface area contributed by atoms with Crippen LogP contribution in [0.2, 0.25) is 0 Å². The molecule has 0 amide bonds. The van der Waals surface area contributed by atoms with Gasteiger partial charge in [0, 0.05) is 12.0 Å². The zero-order valence-corrected chi connectivity index (χ0v) is 10.3. The number of hydrogen-bond donors (Lipinski definition) is 1. The normalized spacial score (nSPS) is 12.4. The number of ketones is 1. The molecule has 0 heterocycles. The summed E-state index contributed by atoms with van der Waals surface area (Å²) in [5.41, 5.74) is 5.97. The van der Waals surface area contributed by atoms with Crippen LogP contribution in [0.1, 0.15) is 43.0 Å². The Morgan fingerprint density at radius 1 is 1.41 bits per heavy atom. The second-order valence-electron chi connectivity index (χ2n) is 4.32. The molecule has 0 aliphatic carbocycles. The first-order chi connectivity index (χ1) is 8.17. The Hall–Kier alpha value is -1.22. The van der Waals surface area contributed by atoms with Crippen LogP contribution >= 0.6 is 0 Å². The lowest BCUT2D eigenvalue weighted by atomic mass is 9.94. The molecule has 1 aromatic carbocycles. The molecule has 3 heteroatoms. The highest BCUT2D eigenvalue weighted by Gasteiger charge is 2.11. The van der Waals surface area contributed by atoms with Crippen LogP contribution in [0, 0.1) is 11.7 Å². The van der Waals surface area contributed by atoms with Gasteiger partial charge in [0.25, 0.3) is 0 Å². The quantitative estimate of drug-likeness (QED) is 0.740. The molecular formula is C14H20FNO. The molecule has 17 heavy (non-hydrogen) atoms. The van der Waals surface area contributed by atoms with E-state index in [1.165, 1.54) is 12.1 Å². The lowest BCUT2D eigenvalue weighted by Crippen LogP contribution is -2.10. The van der Waals surface area contributed by atoms with Crippen LogP contribution in [0.5, 0.6) is 0 Å². The van der Waals surface area contributed by atoms with E-state index in [-0.39, 0.29) is 11.6 Å². The average molecular weight is 237 g/mol. The van der Waals surface area contributed by atoms with Crippen molar-refractivity contribution < 1.29 is 9.18 Å². The van der Waals surface area contributed by atoms with Gasteiger partial charge < -0.3 is 5.73 Å². The van der Waals surface area contributed by atoms with Gasteiger partial charge in [0.15, 0.2) is 5.78 Å². The van der Waals surface area contributed by atoms with E-state index in [2.05, 4.69) is 6.92 Å². The Morgan fingerprint density at radius 3 is 2.76 bits per heavy atom. The third-order valence-electron chi connectivity index (χ3n) is 3.08. The predicted octanol–water partition coefficient (Wildman–Crippen LogP) is 3.16. The number of benzene rings is 1. The van der Waals surface area contributed by atoms with Crippen LogP contribution in [0.3, 0.4) is 0 Å². The molecular weight excluding hydrogens is 217 g/mol. The van der Waals surface area contributed by atoms with E-state index in [4.69, 9.17) is 5.73 Å². The van der Waals surface area contributed by atoms with Gasteiger partial charge in [-0.05, 0) is 37.4 Å². The lowest BCUT2D eigenvalue weighted by molar-refractivity contribution is 0.0972.